The lowest BCUT2D eigenvalue weighted by molar-refractivity contribution is 0.398. The maximum atomic E-state index is 4.95. The molecule has 0 bridgehead atoms. The average molecular weight is 223 g/mol. The van der Waals surface area contributed by atoms with Crippen molar-refractivity contribution in [1.29, 1.82) is 0 Å². The fourth-order valence-corrected chi connectivity index (χ4v) is 1.38. The molecule has 0 aliphatic rings. The van der Waals surface area contributed by atoms with E-state index in [1.165, 1.54) is 0 Å². The van der Waals surface area contributed by atoms with Crippen molar-refractivity contribution in [3.8, 4) is 5.88 Å². The Morgan fingerprint density at radius 3 is 3.13 bits per heavy atom. The van der Waals surface area contributed by atoms with Crippen LogP contribution in [0.5, 0.6) is 5.88 Å². The minimum Gasteiger partial charge on any atom is -0.481 e. The van der Waals surface area contributed by atoms with Gasteiger partial charge in [0.15, 0.2) is 0 Å². The van der Waals surface area contributed by atoms with Gasteiger partial charge in [-0.3, -0.25) is 4.99 Å². The maximum absolute atomic E-state index is 4.95. The van der Waals surface area contributed by atoms with Crippen molar-refractivity contribution in [2.75, 3.05) is 18.3 Å². The number of anilines is 1. The summed E-state index contributed by atoms with van der Waals surface area (Å²) in [5.41, 5.74) is 0.961. The van der Waals surface area contributed by atoms with Crippen LogP contribution in [0.2, 0.25) is 0 Å². The smallest absolute Gasteiger partial charge is 0.213 e. The molecule has 0 radical (unpaired) electrons. The van der Waals surface area contributed by atoms with Crippen molar-refractivity contribution in [1.82, 2.24) is 4.98 Å². The average Bonchev–Trinajstić information content (AvgIpc) is 2.30. The van der Waals surface area contributed by atoms with Crippen LogP contribution in [0.1, 0.15) is 0 Å². The predicted octanol–water partition coefficient (Wildman–Crippen LogP) is 2.36. The lowest BCUT2D eigenvalue weighted by Crippen LogP contribution is -1.97. The highest BCUT2D eigenvalue weighted by atomic mass is 32.2. The van der Waals surface area contributed by atoms with E-state index in [0.29, 0.717) is 5.88 Å². The highest BCUT2D eigenvalue weighted by Gasteiger charge is 1.93. The molecule has 1 aromatic rings. The van der Waals surface area contributed by atoms with Gasteiger partial charge in [-0.1, -0.05) is 0 Å². The molecule has 0 amide bonds. The molecule has 0 aliphatic carbocycles. The van der Waals surface area contributed by atoms with Crippen molar-refractivity contribution >= 4 is 24.2 Å². The molecule has 1 N–H and O–H groups in total. The quantitative estimate of drug-likeness (QED) is 0.457. The zero-order valence-corrected chi connectivity index (χ0v) is 9.33. The second-order valence-corrected chi connectivity index (χ2v) is 3.44. The predicted molar refractivity (Wildman–Crippen MR) is 65.6 cm³/mol. The van der Waals surface area contributed by atoms with E-state index in [0.717, 1.165) is 11.6 Å². The van der Waals surface area contributed by atoms with Crippen LogP contribution >= 0.6 is 11.8 Å². The van der Waals surface area contributed by atoms with E-state index < -0.39 is 0 Å². The zero-order valence-electron chi connectivity index (χ0n) is 8.51. The summed E-state index contributed by atoms with van der Waals surface area (Å²) in [6.07, 6.45) is 3.38. The molecule has 0 atom stereocenters. The Bertz CT molecular complexity index is 324. The number of aromatic nitrogens is 1. The first-order valence-corrected chi connectivity index (χ1v) is 5.38. The van der Waals surface area contributed by atoms with E-state index in [4.69, 9.17) is 4.74 Å². The summed E-state index contributed by atoms with van der Waals surface area (Å²) in [5.74, 6) is 1.38. The molecular weight excluding hydrogens is 210 g/mol. The van der Waals surface area contributed by atoms with Gasteiger partial charge in [-0.15, -0.1) is 11.8 Å². The normalized spacial score (nSPS) is 10.2. The Morgan fingerprint density at radius 1 is 1.67 bits per heavy atom. The summed E-state index contributed by atoms with van der Waals surface area (Å²) in [5, 5.41) is 5.06. The van der Waals surface area contributed by atoms with Crippen LogP contribution in [-0.2, 0) is 0 Å². The third-order valence-electron chi connectivity index (χ3n) is 1.57. The second-order valence-electron chi connectivity index (χ2n) is 2.54. The van der Waals surface area contributed by atoms with Crippen molar-refractivity contribution in [3.63, 3.8) is 0 Å². The summed E-state index contributed by atoms with van der Waals surface area (Å²) in [6.45, 7) is 3.34. The first-order chi connectivity index (χ1) is 7.36. The van der Waals surface area contributed by atoms with Gasteiger partial charge in [-0.25, -0.2) is 4.98 Å². The van der Waals surface area contributed by atoms with E-state index in [2.05, 4.69) is 22.0 Å². The summed E-state index contributed by atoms with van der Waals surface area (Å²) < 4.78 is 4.95. The minimum absolute atomic E-state index is 0.615. The number of pyridine rings is 1. The van der Waals surface area contributed by atoms with Crippen molar-refractivity contribution in [3.05, 3.63) is 29.9 Å². The van der Waals surface area contributed by atoms with E-state index in [9.17, 15) is 0 Å². The standard InChI is InChI=1S/C10H13N3OS/c1-11-5-6-15-8-13-9-3-4-10(14-2)12-7-9/h3-7,13H,1,8H2,2H3/b6-5-. The molecule has 0 aromatic carbocycles. The Labute approximate surface area is 93.5 Å². The minimum atomic E-state index is 0.615. The molecule has 0 aliphatic heterocycles. The Balaban J connectivity index is 2.31. The Hall–Kier alpha value is -1.49. The second kappa shape index (κ2) is 6.89. The molecule has 0 saturated carbocycles. The largest absolute Gasteiger partial charge is 0.481 e. The number of aliphatic imine (C=N–C) groups is 1. The highest BCUT2D eigenvalue weighted by Crippen LogP contribution is 2.12. The van der Waals surface area contributed by atoms with Crippen LogP contribution in [-0.4, -0.2) is 24.7 Å². The van der Waals surface area contributed by atoms with Gasteiger partial charge in [0.25, 0.3) is 0 Å². The van der Waals surface area contributed by atoms with Crippen LogP contribution in [0, 0.1) is 0 Å². The van der Waals surface area contributed by atoms with Gasteiger partial charge in [0.2, 0.25) is 5.88 Å². The lowest BCUT2D eigenvalue weighted by atomic mass is 10.4. The van der Waals surface area contributed by atoms with E-state index in [-0.39, 0.29) is 0 Å². The summed E-state index contributed by atoms with van der Waals surface area (Å²) in [7, 11) is 1.60. The fourth-order valence-electron chi connectivity index (χ4n) is 0.865. The van der Waals surface area contributed by atoms with Crippen LogP contribution in [0.4, 0.5) is 5.69 Å². The maximum Gasteiger partial charge on any atom is 0.213 e. The number of methoxy groups -OCH3 is 1. The summed E-state index contributed by atoms with van der Waals surface area (Å²) in [6, 6.07) is 3.73. The van der Waals surface area contributed by atoms with Gasteiger partial charge in [-0.05, 0) is 18.2 Å². The van der Waals surface area contributed by atoms with Gasteiger partial charge in [0, 0.05) is 12.3 Å². The molecule has 1 heterocycles. The van der Waals surface area contributed by atoms with Gasteiger partial charge < -0.3 is 10.1 Å². The molecule has 15 heavy (non-hydrogen) atoms. The Kier molecular flexibility index (Phi) is 5.32. The molecule has 0 spiro atoms. The summed E-state index contributed by atoms with van der Waals surface area (Å²) >= 11 is 1.60. The van der Waals surface area contributed by atoms with Gasteiger partial charge in [0.1, 0.15) is 0 Å². The number of thioether (sulfide) groups is 1. The molecular formula is C10H13N3OS. The van der Waals surface area contributed by atoms with Gasteiger partial charge in [-0.2, -0.15) is 0 Å². The summed E-state index contributed by atoms with van der Waals surface area (Å²) in [4.78, 5) is 7.67. The van der Waals surface area contributed by atoms with Crippen LogP contribution in [0.15, 0.2) is 34.9 Å². The number of nitrogens with zero attached hydrogens (tertiary/aromatic N) is 2. The topological polar surface area (TPSA) is 46.5 Å². The van der Waals surface area contributed by atoms with Crippen LogP contribution in [0.25, 0.3) is 0 Å². The monoisotopic (exact) mass is 223 g/mol. The van der Waals surface area contributed by atoms with Crippen LogP contribution in [0.3, 0.4) is 0 Å². The Morgan fingerprint density at radius 2 is 2.53 bits per heavy atom. The van der Waals surface area contributed by atoms with E-state index >= 15 is 0 Å². The first-order valence-electron chi connectivity index (χ1n) is 4.33. The molecule has 0 unspecified atom stereocenters. The molecule has 5 heteroatoms. The lowest BCUT2D eigenvalue weighted by Gasteiger charge is -2.04. The third-order valence-corrected chi connectivity index (χ3v) is 2.19. The molecule has 1 aromatic heterocycles. The highest BCUT2D eigenvalue weighted by molar-refractivity contribution is 8.02. The van der Waals surface area contributed by atoms with E-state index in [1.54, 1.807) is 31.3 Å². The molecule has 1 rings (SSSR count). The van der Waals surface area contributed by atoms with Gasteiger partial charge >= 0.3 is 0 Å². The number of rotatable bonds is 6. The number of hydrogen-bond acceptors (Lipinski definition) is 5. The zero-order chi connectivity index (χ0) is 10.9. The molecule has 0 saturated heterocycles. The van der Waals surface area contributed by atoms with Gasteiger partial charge in [0.05, 0.1) is 24.9 Å². The number of nitrogens with one attached hydrogen (secondary N) is 1. The van der Waals surface area contributed by atoms with Crippen molar-refractivity contribution in [2.45, 2.75) is 0 Å². The van der Waals surface area contributed by atoms with Crippen LogP contribution < -0.4 is 10.1 Å². The molecule has 80 valence electrons. The van der Waals surface area contributed by atoms with E-state index in [1.807, 2.05) is 17.5 Å². The molecule has 4 nitrogen and oxygen atoms in total. The fraction of sp³-hybridized carbons (Fsp3) is 0.200. The number of ether oxygens (including phenoxy) is 1. The SMILES string of the molecule is C=N/C=C\SCNc1ccc(OC)nc1. The molecule has 0 fully saturated rings. The van der Waals surface area contributed by atoms with Crippen molar-refractivity contribution in [2.24, 2.45) is 4.99 Å². The van der Waals surface area contributed by atoms with Crippen molar-refractivity contribution < 1.29 is 4.74 Å². The first kappa shape index (κ1) is 11.6. The number of hydrogen-bond donors (Lipinski definition) is 1. The third kappa shape index (κ3) is 4.51.